The van der Waals surface area contributed by atoms with E-state index in [0.717, 1.165) is 15.2 Å². The first-order chi connectivity index (χ1) is 10.1. The third-order valence-corrected chi connectivity index (χ3v) is 4.90. The highest BCUT2D eigenvalue weighted by Crippen LogP contribution is 2.25. The monoisotopic (exact) mass is 325 g/mol. The average molecular weight is 326 g/mol. The number of benzene rings is 1. The Morgan fingerprint density at radius 1 is 1.48 bits per heavy atom. The smallest absolute Gasteiger partial charge is 0.240 e. The third-order valence-electron chi connectivity index (χ3n) is 3.63. The number of aromatic nitrogens is 1. The number of ether oxygens (including phenoxy) is 1. The van der Waals surface area contributed by atoms with Crippen molar-refractivity contribution in [3.8, 4) is 0 Å². The molecule has 0 aliphatic carbocycles. The summed E-state index contributed by atoms with van der Waals surface area (Å²) in [6.45, 7) is 1.45. The summed E-state index contributed by atoms with van der Waals surface area (Å²) in [6.07, 6.45) is 1.10. The quantitative estimate of drug-likeness (QED) is 0.905. The fraction of sp³-hybridized carbons (Fsp3) is 0.429. The van der Waals surface area contributed by atoms with Crippen LogP contribution in [0.2, 0.25) is 5.02 Å². The summed E-state index contributed by atoms with van der Waals surface area (Å²) in [5.74, 6) is -0.136. The third kappa shape index (κ3) is 3.18. The molecule has 0 bridgehead atoms. The second kappa shape index (κ2) is 5.88. The zero-order valence-corrected chi connectivity index (χ0v) is 13.0. The Balaban J connectivity index is 1.67. The van der Waals surface area contributed by atoms with Crippen molar-refractivity contribution in [2.24, 2.45) is 5.73 Å². The SMILES string of the molecule is NC1(C(=O)NCc2nc3cc(Cl)ccc3s2)CCOCC1. The van der Waals surface area contributed by atoms with E-state index in [1.54, 1.807) is 11.3 Å². The number of nitrogens with one attached hydrogen (secondary N) is 1. The molecule has 1 aliphatic heterocycles. The molecule has 3 N–H and O–H groups in total. The van der Waals surface area contributed by atoms with Crippen LogP contribution in [0.25, 0.3) is 10.2 Å². The molecule has 0 spiro atoms. The molecule has 2 heterocycles. The lowest BCUT2D eigenvalue weighted by Gasteiger charge is -2.31. The standard InChI is InChI=1S/C14H16ClN3O2S/c15-9-1-2-11-10(7-9)18-12(21-11)8-17-13(19)14(16)3-5-20-6-4-14/h1-2,7H,3-6,8,16H2,(H,17,19). The molecule has 21 heavy (non-hydrogen) atoms. The number of nitrogens with two attached hydrogens (primary N) is 1. The summed E-state index contributed by atoms with van der Waals surface area (Å²) >= 11 is 7.49. The van der Waals surface area contributed by atoms with E-state index in [2.05, 4.69) is 10.3 Å². The van der Waals surface area contributed by atoms with Gasteiger partial charge in [0.05, 0.1) is 22.3 Å². The predicted octanol–water partition coefficient (Wildman–Crippen LogP) is 2.07. The van der Waals surface area contributed by atoms with Gasteiger partial charge in [-0.3, -0.25) is 4.79 Å². The van der Waals surface area contributed by atoms with Gasteiger partial charge in [-0.1, -0.05) is 11.6 Å². The Kier molecular flexibility index (Phi) is 4.12. The summed E-state index contributed by atoms with van der Waals surface area (Å²) < 4.78 is 6.30. The Labute approximate surface area is 131 Å². The van der Waals surface area contributed by atoms with Crippen LogP contribution in [0.15, 0.2) is 18.2 Å². The molecule has 112 valence electrons. The van der Waals surface area contributed by atoms with Gasteiger partial charge in [0.2, 0.25) is 5.91 Å². The van der Waals surface area contributed by atoms with Gasteiger partial charge in [-0.15, -0.1) is 11.3 Å². The molecule has 5 nitrogen and oxygen atoms in total. The molecule has 1 aliphatic rings. The number of nitrogens with zero attached hydrogens (tertiary/aromatic N) is 1. The summed E-state index contributed by atoms with van der Waals surface area (Å²) in [5.41, 5.74) is 6.17. The van der Waals surface area contributed by atoms with Crippen LogP contribution in [0, 0.1) is 0 Å². The summed E-state index contributed by atoms with van der Waals surface area (Å²) in [5, 5.41) is 4.38. The molecule has 0 radical (unpaired) electrons. The lowest BCUT2D eigenvalue weighted by Crippen LogP contribution is -2.56. The molecule has 0 saturated carbocycles. The van der Waals surface area contributed by atoms with E-state index >= 15 is 0 Å². The van der Waals surface area contributed by atoms with E-state index in [-0.39, 0.29) is 5.91 Å². The Morgan fingerprint density at radius 3 is 3.00 bits per heavy atom. The highest BCUT2D eigenvalue weighted by Gasteiger charge is 2.35. The van der Waals surface area contributed by atoms with Crippen molar-refractivity contribution in [1.82, 2.24) is 10.3 Å². The highest BCUT2D eigenvalue weighted by atomic mass is 35.5. The maximum absolute atomic E-state index is 12.2. The lowest BCUT2D eigenvalue weighted by molar-refractivity contribution is -0.129. The fourth-order valence-electron chi connectivity index (χ4n) is 2.32. The molecule has 1 amide bonds. The molecule has 2 aromatic rings. The molecular weight excluding hydrogens is 310 g/mol. The minimum absolute atomic E-state index is 0.136. The van der Waals surface area contributed by atoms with Crippen molar-refractivity contribution in [3.05, 3.63) is 28.2 Å². The second-order valence-corrected chi connectivity index (χ2v) is 6.72. The van der Waals surface area contributed by atoms with E-state index in [1.165, 1.54) is 0 Å². The van der Waals surface area contributed by atoms with Crippen LogP contribution < -0.4 is 11.1 Å². The lowest BCUT2D eigenvalue weighted by atomic mass is 9.90. The van der Waals surface area contributed by atoms with Gasteiger partial charge >= 0.3 is 0 Å². The molecule has 1 fully saturated rings. The maximum Gasteiger partial charge on any atom is 0.240 e. The van der Waals surface area contributed by atoms with Gasteiger partial charge in [0.1, 0.15) is 5.01 Å². The van der Waals surface area contributed by atoms with Crippen LogP contribution in [0.5, 0.6) is 0 Å². The number of rotatable bonds is 3. The summed E-state index contributed by atoms with van der Waals surface area (Å²) in [6, 6.07) is 5.59. The average Bonchev–Trinajstić information content (AvgIpc) is 2.87. The van der Waals surface area contributed by atoms with Crippen LogP contribution in [-0.4, -0.2) is 29.6 Å². The van der Waals surface area contributed by atoms with Gasteiger partial charge in [0.25, 0.3) is 0 Å². The first-order valence-electron chi connectivity index (χ1n) is 6.77. The Bertz CT molecular complexity index is 667. The largest absolute Gasteiger partial charge is 0.381 e. The Hall–Kier alpha value is -1.21. The van der Waals surface area contributed by atoms with Crippen LogP contribution in [-0.2, 0) is 16.1 Å². The molecule has 3 rings (SSSR count). The van der Waals surface area contributed by atoms with Crippen molar-refractivity contribution in [2.45, 2.75) is 24.9 Å². The van der Waals surface area contributed by atoms with Crippen molar-refractivity contribution in [1.29, 1.82) is 0 Å². The number of hydrogen-bond donors (Lipinski definition) is 2. The minimum atomic E-state index is -0.821. The van der Waals surface area contributed by atoms with Gasteiger partial charge in [-0.05, 0) is 31.0 Å². The normalized spacial score (nSPS) is 17.8. The number of thiazole rings is 1. The van der Waals surface area contributed by atoms with E-state index in [0.29, 0.717) is 37.6 Å². The van der Waals surface area contributed by atoms with Gasteiger partial charge < -0.3 is 15.8 Å². The number of hydrogen-bond acceptors (Lipinski definition) is 5. The van der Waals surface area contributed by atoms with Gasteiger partial charge in [-0.25, -0.2) is 4.98 Å². The molecule has 1 saturated heterocycles. The number of carbonyl (C=O) groups is 1. The molecule has 0 unspecified atom stereocenters. The van der Waals surface area contributed by atoms with E-state index in [4.69, 9.17) is 22.1 Å². The van der Waals surface area contributed by atoms with Crippen molar-refractivity contribution in [2.75, 3.05) is 13.2 Å². The maximum atomic E-state index is 12.2. The summed E-state index contributed by atoms with van der Waals surface area (Å²) in [7, 11) is 0. The molecule has 1 aromatic heterocycles. The number of carbonyl (C=O) groups excluding carboxylic acids is 1. The minimum Gasteiger partial charge on any atom is -0.381 e. The van der Waals surface area contributed by atoms with Gasteiger partial charge in [0.15, 0.2) is 0 Å². The van der Waals surface area contributed by atoms with Crippen LogP contribution in [0.1, 0.15) is 17.8 Å². The molecule has 0 atom stereocenters. The zero-order chi connectivity index (χ0) is 14.9. The van der Waals surface area contributed by atoms with Crippen LogP contribution in [0.3, 0.4) is 0 Å². The number of halogens is 1. The highest BCUT2D eigenvalue weighted by molar-refractivity contribution is 7.18. The van der Waals surface area contributed by atoms with Gasteiger partial charge in [0, 0.05) is 18.2 Å². The van der Waals surface area contributed by atoms with E-state index in [1.807, 2.05) is 18.2 Å². The number of amides is 1. The van der Waals surface area contributed by atoms with Gasteiger partial charge in [-0.2, -0.15) is 0 Å². The number of fused-ring (bicyclic) bond motifs is 1. The summed E-state index contributed by atoms with van der Waals surface area (Å²) in [4.78, 5) is 16.7. The van der Waals surface area contributed by atoms with Crippen molar-refractivity contribution >= 4 is 39.1 Å². The second-order valence-electron chi connectivity index (χ2n) is 5.17. The van der Waals surface area contributed by atoms with Crippen molar-refractivity contribution < 1.29 is 9.53 Å². The van der Waals surface area contributed by atoms with E-state index in [9.17, 15) is 4.79 Å². The molecular formula is C14H16ClN3O2S. The van der Waals surface area contributed by atoms with E-state index < -0.39 is 5.54 Å². The van der Waals surface area contributed by atoms with Crippen LogP contribution >= 0.6 is 22.9 Å². The first-order valence-corrected chi connectivity index (χ1v) is 7.96. The first kappa shape index (κ1) is 14.7. The fourth-order valence-corrected chi connectivity index (χ4v) is 3.37. The zero-order valence-electron chi connectivity index (χ0n) is 11.4. The Morgan fingerprint density at radius 2 is 2.24 bits per heavy atom. The molecule has 7 heteroatoms. The predicted molar refractivity (Wildman–Crippen MR) is 83.4 cm³/mol. The van der Waals surface area contributed by atoms with Crippen molar-refractivity contribution in [3.63, 3.8) is 0 Å². The van der Waals surface area contributed by atoms with Crippen LogP contribution in [0.4, 0.5) is 0 Å². The topological polar surface area (TPSA) is 77.2 Å². The molecule has 1 aromatic carbocycles.